The van der Waals surface area contributed by atoms with Crippen LogP contribution in [0.5, 0.6) is 0 Å². The van der Waals surface area contributed by atoms with E-state index in [9.17, 15) is 13.6 Å². The molecule has 0 amide bonds. The van der Waals surface area contributed by atoms with Crippen LogP contribution < -0.4 is 5.43 Å². The van der Waals surface area contributed by atoms with Crippen molar-refractivity contribution in [3.05, 3.63) is 64.5 Å². The van der Waals surface area contributed by atoms with Crippen molar-refractivity contribution in [1.82, 2.24) is 4.98 Å². The van der Waals surface area contributed by atoms with Crippen molar-refractivity contribution in [3.8, 4) is 11.3 Å². The molecule has 80 valence electrons. The molecule has 1 heterocycles. The molecule has 0 N–H and O–H groups in total. The largest absolute Gasteiger partial charge is 0.287 e. The summed E-state index contributed by atoms with van der Waals surface area (Å²) in [6.07, 6.45) is 0.978. The number of hydrogen-bond donors (Lipinski definition) is 0. The molecule has 0 aliphatic carbocycles. The SMILES string of the molecule is O=c1ccccc(-c2ccc(F)cn2)c1F. The second-order valence-corrected chi connectivity index (χ2v) is 3.17. The molecule has 0 saturated carbocycles. The van der Waals surface area contributed by atoms with Gasteiger partial charge in [-0.15, -0.1) is 0 Å². The number of pyridine rings is 1. The molecule has 2 nitrogen and oxygen atoms in total. The lowest BCUT2D eigenvalue weighted by Gasteiger charge is -1.98. The van der Waals surface area contributed by atoms with Gasteiger partial charge in [0, 0.05) is 5.56 Å². The van der Waals surface area contributed by atoms with E-state index in [1.807, 2.05) is 0 Å². The van der Waals surface area contributed by atoms with Crippen molar-refractivity contribution in [2.24, 2.45) is 0 Å². The molecule has 0 aliphatic heterocycles. The molecule has 0 aliphatic rings. The number of hydrogen-bond acceptors (Lipinski definition) is 2. The van der Waals surface area contributed by atoms with Gasteiger partial charge in [0.15, 0.2) is 5.82 Å². The Balaban J connectivity index is 2.66. The van der Waals surface area contributed by atoms with E-state index < -0.39 is 17.1 Å². The van der Waals surface area contributed by atoms with E-state index in [1.165, 1.54) is 30.3 Å². The van der Waals surface area contributed by atoms with Crippen molar-refractivity contribution in [3.63, 3.8) is 0 Å². The van der Waals surface area contributed by atoms with Gasteiger partial charge >= 0.3 is 0 Å². The lowest BCUT2D eigenvalue weighted by molar-refractivity contribution is 0.616. The molecule has 0 fully saturated rings. The molecule has 0 bridgehead atoms. The van der Waals surface area contributed by atoms with Crippen LogP contribution in [0.2, 0.25) is 0 Å². The highest BCUT2D eigenvalue weighted by atomic mass is 19.1. The van der Waals surface area contributed by atoms with Crippen LogP contribution in [0.25, 0.3) is 11.3 Å². The summed E-state index contributed by atoms with van der Waals surface area (Å²) in [5.74, 6) is -1.39. The summed E-state index contributed by atoms with van der Waals surface area (Å²) in [4.78, 5) is 14.9. The second-order valence-electron chi connectivity index (χ2n) is 3.17. The highest BCUT2D eigenvalue weighted by Crippen LogP contribution is 2.17. The van der Waals surface area contributed by atoms with E-state index >= 15 is 0 Å². The summed E-state index contributed by atoms with van der Waals surface area (Å²) in [6.45, 7) is 0. The molecule has 0 unspecified atom stereocenters. The molecular formula is C12H7F2NO. The molecular weight excluding hydrogens is 212 g/mol. The first-order valence-electron chi connectivity index (χ1n) is 4.59. The monoisotopic (exact) mass is 219 g/mol. The van der Waals surface area contributed by atoms with Crippen LogP contribution in [-0.4, -0.2) is 4.98 Å². The fourth-order valence-electron chi connectivity index (χ4n) is 1.31. The van der Waals surface area contributed by atoms with Gasteiger partial charge in [0.05, 0.1) is 11.9 Å². The maximum absolute atomic E-state index is 13.6. The normalized spacial score (nSPS) is 10.1. The Morgan fingerprint density at radius 1 is 1.00 bits per heavy atom. The van der Waals surface area contributed by atoms with Crippen molar-refractivity contribution in [2.45, 2.75) is 0 Å². The van der Waals surface area contributed by atoms with Gasteiger partial charge in [-0.3, -0.25) is 9.78 Å². The van der Waals surface area contributed by atoms with Crippen molar-refractivity contribution in [2.75, 3.05) is 0 Å². The van der Waals surface area contributed by atoms with Crippen LogP contribution in [0.15, 0.2) is 47.4 Å². The molecule has 0 radical (unpaired) electrons. The molecule has 4 heteroatoms. The molecule has 16 heavy (non-hydrogen) atoms. The van der Waals surface area contributed by atoms with E-state index in [0.29, 0.717) is 0 Å². The Morgan fingerprint density at radius 3 is 2.44 bits per heavy atom. The molecule has 0 saturated heterocycles. The molecule has 0 atom stereocenters. The first kappa shape index (κ1) is 10.4. The van der Waals surface area contributed by atoms with Crippen molar-refractivity contribution >= 4 is 0 Å². The Bertz CT molecular complexity index is 567. The van der Waals surface area contributed by atoms with Gasteiger partial charge in [-0.2, -0.15) is 0 Å². The summed E-state index contributed by atoms with van der Waals surface area (Å²) in [6, 6.07) is 8.02. The van der Waals surface area contributed by atoms with Gasteiger partial charge in [0.1, 0.15) is 5.82 Å². The average molecular weight is 219 g/mol. The van der Waals surface area contributed by atoms with Gasteiger partial charge in [0.25, 0.3) is 0 Å². The molecule has 2 rings (SSSR count). The van der Waals surface area contributed by atoms with Gasteiger partial charge < -0.3 is 0 Å². The Labute approximate surface area is 90.2 Å². The van der Waals surface area contributed by atoms with Crippen LogP contribution >= 0.6 is 0 Å². The number of halogens is 2. The third-order valence-corrected chi connectivity index (χ3v) is 2.08. The summed E-state index contributed by atoms with van der Waals surface area (Å²) < 4.78 is 26.2. The number of rotatable bonds is 1. The lowest BCUT2D eigenvalue weighted by Crippen LogP contribution is -2.02. The fraction of sp³-hybridized carbons (Fsp3) is 0. The highest BCUT2D eigenvalue weighted by Gasteiger charge is 2.07. The summed E-state index contributed by atoms with van der Waals surface area (Å²) in [5.41, 5.74) is -0.423. The summed E-state index contributed by atoms with van der Waals surface area (Å²) in [7, 11) is 0. The average Bonchev–Trinajstić information content (AvgIpc) is 2.44. The molecule has 2 aromatic rings. The predicted octanol–water partition coefficient (Wildman–Crippen LogP) is 2.39. The van der Waals surface area contributed by atoms with E-state index in [0.717, 1.165) is 12.3 Å². The minimum absolute atomic E-state index is 0.0648. The first-order valence-corrected chi connectivity index (χ1v) is 4.59. The van der Waals surface area contributed by atoms with E-state index in [4.69, 9.17) is 0 Å². The molecule has 1 aromatic carbocycles. The van der Waals surface area contributed by atoms with Crippen molar-refractivity contribution < 1.29 is 8.78 Å². The summed E-state index contributed by atoms with van der Waals surface area (Å²) >= 11 is 0. The van der Waals surface area contributed by atoms with Crippen LogP contribution in [0, 0.1) is 11.6 Å². The number of nitrogens with zero attached hydrogens (tertiary/aromatic N) is 1. The third-order valence-electron chi connectivity index (χ3n) is 2.08. The zero-order valence-electron chi connectivity index (χ0n) is 8.15. The van der Waals surface area contributed by atoms with Gasteiger partial charge in [-0.05, 0) is 24.3 Å². The van der Waals surface area contributed by atoms with Crippen LogP contribution in [0.3, 0.4) is 0 Å². The smallest absolute Gasteiger partial charge is 0.214 e. The zero-order chi connectivity index (χ0) is 11.5. The maximum atomic E-state index is 13.6. The minimum atomic E-state index is -0.885. The predicted molar refractivity (Wildman–Crippen MR) is 55.9 cm³/mol. The lowest BCUT2D eigenvalue weighted by atomic mass is 10.2. The Kier molecular flexibility index (Phi) is 2.72. The fourth-order valence-corrected chi connectivity index (χ4v) is 1.31. The van der Waals surface area contributed by atoms with Crippen LogP contribution in [-0.2, 0) is 0 Å². The Hall–Kier alpha value is -2.10. The second kappa shape index (κ2) is 4.18. The first-order chi connectivity index (χ1) is 7.68. The summed E-state index contributed by atoms with van der Waals surface area (Å²) in [5, 5.41) is 0. The topological polar surface area (TPSA) is 30.0 Å². The highest BCUT2D eigenvalue weighted by molar-refractivity contribution is 5.58. The van der Waals surface area contributed by atoms with Gasteiger partial charge in [-0.25, -0.2) is 8.78 Å². The van der Waals surface area contributed by atoms with Crippen LogP contribution in [0.1, 0.15) is 0 Å². The minimum Gasteiger partial charge on any atom is -0.287 e. The van der Waals surface area contributed by atoms with E-state index in [2.05, 4.69) is 4.98 Å². The Morgan fingerprint density at radius 2 is 1.75 bits per heavy atom. The molecule has 0 spiro atoms. The van der Waals surface area contributed by atoms with Crippen LogP contribution in [0.4, 0.5) is 8.78 Å². The zero-order valence-corrected chi connectivity index (χ0v) is 8.15. The van der Waals surface area contributed by atoms with E-state index in [1.54, 1.807) is 0 Å². The number of aromatic nitrogens is 1. The quantitative estimate of drug-likeness (QED) is 0.737. The van der Waals surface area contributed by atoms with Gasteiger partial charge in [-0.1, -0.05) is 12.1 Å². The maximum Gasteiger partial charge on any atom is 0.214 e. The van der Waals surface area contributed by atoms with Crippen molar-refractivity contribution in [1.29, 1.82) is 0 Å². The standard InChI is InChI=1S/C12H7F2NO/c13-8-5-6-10(15-7-8)9-3-1-2-4-11(16)12(9)14/h1-7H. The van der Waals surface area contributed by atoms with E-state index in [-0.39, 0.29) is 11.3 Å². The van der Waals surface area contributed by atoms with Gasteiger partial charge in [0.2, 0.25) is 5.43 Å². The molecule has 1 aromatic heterocycles. The third kappa shape index (κ3) is 1.95.